The van der Waals surface area contributed by atoms with Crippen LogP contribution in [0.4, 0.5) is 0 Å². The van der Waals surface area contributed by atoms with E-state index < -0.39 is 0 Å². The largest absolute Gasteiger partial charge is 0.289 e. The van der Waals surface area contributed by atoms with Crippen molar-refractivity contribution in [2.75, 3.05) is 0 Å². The summed E-state index contributed by atoms with van der Waals surface area (Å²) in [5, 5.41) is 0.746. The Morgan fingerprint density at radius 3 is 2.67 bits per heavy atom. The fourth-order valence-corrected chi connectivity index (χ4v) is 5.60. The van der Waals surface area contributed by atoms with Gasteiger partial charge in [-0.15, -0.1) is 0 Å². The number of nitrogens with zero attached hydrogens (tertiary/aromatic N) is 2. The van der Waals surface area contributed by atoms with Gasteiger partial charge in [0.2, 0.25) is 0 Å². The summed E-state index contributed by atoms with van der Waals surface area (Å²) in [6, 6.07) is 6.03. The first-order valence-corrected chi connectivity index (χ1v) is 9.88. The summed E-state index contributed by atoms with van der Waals surface area (Å²) in [5.74, 6) is 0.387. The van der Waals surface area contributed by atoms with Gasteiger partial charge in [0, 0.05) is 21.6 Å². The van der Waals surface area contributed by atoms with Crippen molar-refractivity contribution in [3.8, 4) is 0 Å². The van der Waals surface area contributed by atoms with Gasteiger partial charge < -0.3 is 0 Å². The third kappa shape index (κ3) is 1.93. The number of hydrogen-bond donors (Lipinski definition) is 0. The Balaban J connectivity index is 1.83. The topological polar surface area (TPSA) is 26.9 Å². The quantitative estimate of drug-likeness (QED) is 0.604. The first kappa shape index (κ1) is 16.7. The number of fused-ring (bicyclic) bond motifs is 5. The van der Waals surface area contributed by atoms with Gasteiger partial charge in [0.25, 0.3) is 5.56 Å². The number of benzene rings is 1. The fraction of sp³-hybridized carbons (Fsp3) is 0.526. The van der Waals surface area contributed by atoms with Gasteiger partial charge in [0.1, 0.15) is 0 Å². The van der Waals surface area contributed by atoms with Crippen LogP contribution in [0.3, 0.4) is 0 Å². The third-order valence-electron chi connectivity index (χ3n) is 6.82. The van der Waals surface area contributed by atoms with E-state index in [2.05, 4.69) is 54.1 Å². The summed E-state index contributed by atoms with van der Waals surface area (Å²) in [7, 11) is 2.04. The number of aromatic nitrogens is 2. The summed E-state index contributed by atoms with van der Waals surface area (Å²) >= 11 is 8.47. The van der Waals surface area contributed by atoms with Crippen LogP contribution in [0.5, 0.6) is 0 Å². The van der Waals surface area contributed by atoms with Crippen molar-refractivity contribution < 1.29 is 0 Å². The summed E-state index contributed by atoms with van der Waals surface area (Å²) in [6.45, 7) is 7.56. The highest BCUT2D eigenvalue weighted by molar-refractivity contribution is 14.1. The maximum absolute atomic E-state index is 13.2. The van der Waals surface area contributed by atoms with E-state index >= 15 is 0 Å². The lowest BCUT2D eigenvalue weighted by Crippen LogP contribution is -2.35. The molecule has 4 rings (SSSR count). The van der Waals surface area contributed by atoms with E-state index in [1.807, 2.05) is 23.9 Å². The zero-order chi connectivity index (χ0) is 17.4. The van der Waals surface area contributed by atoms with Gasteiger partial charge in [-0.2, -0.15) is 0 Å². The first-order chi connectivity index (χ1) is 11.2. The summed E-state index contributed by atoms with van der Waals surface area (Å²) < 4.78 is 5.03. The molecule has 2 bridgehead atoms. The van der Waals surface area contributed by atoms with Crippen LogP contribution in [0.2, 0.25) is 5.02 Å². The minimum atomic E-state index is 0.0931. The molecule has 2 atom stereocenters. The molecule has 1 aromatic carbocycles. The number of rotatable bonds is 2. The molecule has 24 heavy (non-hydrogen) atoms. The predicted molar refractivity (Wildman–Crippen MR) is 106 cm³/mol. The van der Waals surface area contributed by atoms with E-state index in [-0.39, 0.29) is 16.4 Å². The standard InChI is InChI=1S/C19H22ClIN2O/c1-18(2)12-7-8-19(18,3)16-15(12)17(24)23(22(16)4)10-11-5-6-14(21)13(20)9-11/h5-6,9,12H,7-8,10H2,1-4H3/t12-,19+/m1/s1. The molecule has 0 amide bonds. The predicted octanol–water partition coefficient (Wildman–Crippen LogP) is 4.67. The van der Waals surface area contributed by atoms with E-state index in [9.17, 15) is 4.79 Å². The fourth-order valence-electron chi connectivity index (χ4n) is 5.06. The molecule has 1 fully saturated rings. The van der Waals surface area contributed by atoms with Crippen LogP contribution in [0, 0.1) is 8.99 Å². The van der Waals surface area contributed by atoms with E-state index in [0.717, 1.165) is 26.1 Å². The highest BCUT2D eigenvalue weighted by atomic mass is 127. The molecular formula is C19H22ClIN2O. The van der Waals surface area contributed by atoms with Gasteiger partial charge in [-0.25, -0.2) is 4.68 Å². The second-order valence-corrected chi connectivity index (χ2v) is 9.61. The Morgan fingerprint density at radius 2 is 2.04 bits per heavy atom. The molecule has 0 aliphatic heterocycles. The van der Waals surface area contributed by atoms with Crippen molar-refractivity contribution in [2.24, 2.45) is 12.5 Å². The van der Waals surface area contributed by atoms with Crippen molar-refractivity contribution in [3.63, 3.8) is 0 Å². The van der Waals surface area contributed by atoms with Crippen LogP contribution in [0.15, 0.2) is 23.0 Å². The van der Waals surface area contributed by atoms with E-state index in [1.54, 1.807) is 0 Å². The Labute approximate surface area is 161 Å². The molecule has 0 N–H and O–H groups in total. The molecule has 2 aromatic rings. The van der Waals surface area contributed by atoms with Crippen LogP contribution in [0.1, 0.15) is 56.4 Å². The van der Waals surface area contributed by atoms with Crippen LogP contribution in [0.25, 0.3) is 0 Å². The molecule has 2 aliphatic carbocycles. The molecular weight excluding hydrogens is 435 g/mol. The molecule has 0 saturated heterocycles. The minimum Gasteiger partial charge on any atom is -0.289 e. The molecule has 1 heterocycles. The molecule has 1 saturated carbocycles. The average molecular weight is 457 g/mol. The summed E-state index contributed by atoms with van der Waals surface area (Å²) in [5.41, 5.74) is 3.83. The molecule has 0 radical (unpaired) electrons. The van der Waals surface area contributed by atoms with Crippen molar-refractivity contribution in [2.45, 2.75) is 51.5 Å². The van der Waals surface area contributed by atoms with Crippen molar-refractivity contribution >= 4 is 34.2 Å². The molecule has 2 aliphatic rings. The lowest BCUT2D eigenvalue weighted by atomic mass is 9.70. The van der Waals surface area contributed by atoms with E-state index in [0.29, 0.717) is 12.5 Å². The van der Waals surface area contributed by atoms with E-state index in [4.69, 9.17) is 11.6 Å². The van der Waals surface area contributed by atoms with Crippen molar-refractivity contribution in [1.82, 2.24) is 9.36 Å². The Bertz CT molecular complexity index is 911. The lowest BCUT2D eigenvalue weighted by molar-refractivity contribution is 0.215. The monoisotopic (exact) mass is 456 g/mol. The Hall–Kier alpha value is -0.750. The Morgan fingerprint density at radius 1 is 1.33 bits per heavy atom. The van der Waals surface area contributed by atoms with Crippen molar-refractivity contribution in [1.29, 1.82) is 0 Å². The Kier molecular flexibility index (Phi) is 3.57. The van der Waals surface area contributed by atoms with Crippen molar-refractivity contribution in [3.05, 3.63) is 54.0 Å². The molecule has 3 nitrogen and oxygen atoms in total. The highest BCUT2D eigenvalue weighted by Gasteiger charge is 2.62. The smallest absolute Gasteiger partial charge is 0.270 e. The molecule has 5 heteroatoms. The SMILES string of the molecule is Cn1c2c(c(=O)n1Cc1ccc(I)c(Cl)c1)[C@H]1CC[C@]2(C)C1(C)C. The average Bonchev–Trinajstić information content (AvgIpc) is 2.97. The summed E-state index contributed by atoms with van der Waals surface area (Å²) in [4.78, 5) is 13.2. The van der Waals surface area contributed by atoms with Crippen LogP contribution in [-0.2, 0) is 19.0 Å². The van der Waals surface area contributed by atoms with Gasteiger partial charge >= 0.3 is 0 Å². The third-order valence-corrected chi connectivity index (χ3v) is 8.39. The van der Waals surface area contributed by atoms with Gasteiger partial charge in [-0.3, -0.25) is 9.48 Å². The maximum atomic E-state index is 13.2. The maximum Gasteiger partial charge on any atom is 0.270 e. The number of hydrogen-bond acceptors (Lipinski definition) is 1. The van der Waals surface area contributed by atoms with Gasteiger partial charge in [-0.1, -0.05) is 38.4 Å². The second kappa shape index (κ2) is 5.13. The van der Waals surface area contributed by atoms with E-state index in [1.165, 1.54) is 12.1 Å². The minimum absolute atomic E-state index is 0.0931. The summed E-state index contributed by atoms with van der Waals surface area (Å²) in [6.07, 6.45) is 2.30. The van der Waals surface area contributed by atoms with Crippen LogP contribution < -0.4 is 5.56 Å². The molecule has 0 spiro atoms. The normalized spacial score (nSPS) is 26.8. The molecule has 128 valence electrons. The first-order valence-electron chi connectivity index (χ1n) is 8.42. The zero-order valence-electron chi connectivity index (χ0n) is 14.5. The van der Waals surface area contributed by atoms with Gasteiger partial charge in [0.15, 0.2) is 0 Å². The molecule has 1 aromatic heterocycles. The van der Waals surface area contributed by atoms with Crippen LogP contribution in [-0.4, -0.2) is 9.36 Å². The molecule has 0 unspecified atom stereocenters. The van der Waals surface area contributed by atoms with Gasteiger partial charge in [-0.05, 0) is 64.5 Å². The highest BCUT2D eigenvalue weighted by Crippen LogP contribution is 2.66. The second-order valence-electron chi connectivity index (χ2n) is 8.04. The van der Waals surface area contributed by atoms with Gasteiger partial charge in [0.05, 0.1) is 17.3 Å². The van der Waals surface area contributed by atoms with Crippen LogP contribution >= 0.6 is 34.2 Å². The zero-order valence-corrected chi connectivity index (χ0v) is 17.4. The lowest BCUT2D eigenvalue weighted by Gasteiger charge is -2.36. The number of halogens is 2.